The van der Waals surface area contributed by atoms with Crippen molar-refractivity contribution in [3.05, 3.63) is 53.8 Å². The first-order valence-corrected chi connectivity index (χ1v) is 6.93. The third-order valence-electron chi connectivity index (χ3n) is 3.41. The van der Waals surface area contributed by atoms with Gasteiger partial charge >= 0.3 is 0 Å². The van der Waals surface area contributed by atoms with Gasteiger partial charge in [0, 0.05) is 0 Å². The number of hydrogen-bond acceptors (Lipinski definition) is 6. The Morgan fingerprint density at radius 1 is 1.08 bits per heavy atom. The van der Waals surface area contributed by atoms with Crippen molar-refractivity contribution >= 4 is 35.1 Å². The van der Waals surface area contributed by atoms with Gasteiger partial charge in [-0.05, 0) is 29.8 Å². The summed E-state index contributed by atoms with van der Waals surface area (Å²) in [6.07, 6.45) is -0.668. The summed E-state index contributed by atoms with van der Waals surface area (Å²) in [7, 11) is 0. The first-order valence-electron chi connectivity index (χ1n) is 6.93. The maximum absolute atomic E-state index is 13.0. The molecule has 8 heteroatoms. The van der Waals surface area contributed by atoms with Gasteiger partial charge in [-0.2, -0.15) is 4.98 Å². The van der Waals surface area contributed by atoms with Crippen molar-refractivity contribution in [3.63, 3.8) is 0 Å². The van der Waals surface area contributed by atoms with Gasteiger partial charge in [0.25, 0.3) is 0 Å². The molecule has 1 unspecified atom stereocenters. The van der Waals surface area contributed by atoms with Gasteiger partial charge in [0.1, 0.15) is 23.5 Å². The van der Waals surface area contributed by atoms with Gasteiger partial charge in [-0.25, -0.2) is 9.37 Å². The van der Waals surface area contributed by atoms with Gasteiger partial charge in [0.15, 0.2) is 0 Å². The molecule has 0 radical (unpaired) electrons. The summed E-state index contributed by atoms with van der Waals surface area (Å²) < 4.78 is 18.9. The summed E-state index contributed by atoms with van der Waals surface area (Å²) in [5.74, 6) is 0.329. The van der Waals surface area contributed by atoms with Crippen LogP contribution in [-0.4, -0.2) is 21.7 Å². The number of fused-ring (bicyclic) bond motifs is 1. The molecule has 0 aliphatic carbocycles. The Balaban J connectivity index is 0.00000208. The second-order valence-corrected chi connectivity index (χ2v) is 4.96. The van der Waals surface area contributed by atoms with Crippen LogP contribution in [0.3, 0.4) is 0 Å². The molecule has 0 saturated carbocycles. The number of aliphatic hydroxyl groups is 1. The van der Waals surface area contributed by atoms with E-state index in [1.165, 1.54) is 12.1 Å². The quantitative estimate of drug-likeness (QED) is 0.667. The number of halogens is 2. The Labute approximate surface area is 143 Å². The smallest absolute Gasteiger partial charge is 0.222 e. The van der Waals surface area contributed by atoms with Crippen LogP contribution in [-0.2, 0) is 0 Å². The van der Waals surface area contributed by atoms with Crippen molar-refractivity contribution in [2.45, 2.75) is 6.10 Å². The number of hydrogen-bond donors (Lipinski definition) is 3. The molecule has 2 aromatic carbocycles. The summed E-state index contributed by atoms with van der Waals surface area (Å²) in [6.45, 7) is -0.280. The number of nitrogens with two attached hydrogens (primary N) is 2. The van der Waals surface area contributed by atoms with Crippen molar-refractivity contribution in [1.82, 2.24) is 9.97 Å². The van der Waals surface area contributed by atoms with Crippen molar-refractivity contribution in [2.75, 3.05) is 18.1 Å². The molecule has 0 bridgehead atoms. The van der Waals surface area contributed by atoms with E-state index >= 15 is 0 Å². The van der Waals surface area contributed by atoms with Crippen LogP contribution >= 0.6 is 12.4 Å². The first kappa shape index (κ1) is 17.7. The van der Waals surface area contributed by atoms with Crippen LogP contribution in [0.2, 0.25) is 0 Å². The number of benzene rings is 2. The Kier molecular flexibility index (Phi) is 5.38. The molecule has 1 aromatic heterocycles. The second kappa shape index (κ2) is 7.29. The third kappa shape index (κ3) is 3.47. The van der Waals surface area contributed by atoms with E-state index in [4.69, 9.17) is 16.2 Å². The predicted octanol–water partition coefficient (Wildman–Crippen LogP) is 2.47. The lowest BCUT2D eigenvalue weighted by Gasteiger charge is -2.19. The van der Waals surface area contributed by atoms with Crippen molar-refractivity contribution in [1.29, 1.82) is 0 Å². The van der Waals surface area contributed by atoms with E-state index in [9.17, 15) is 9.50 Å². The molecule has 0 amide bonds. The van der Waals surface area contributed by atoms with Crippen LogP contribution < -0.4 is 16.2 Å². The minimum atomic E-state index is -0.668. The zero-order chi connectivity index (χ0) is 16.4. The van der Waals surface area contributed by atoms with E-state index in [0.717, 1.165) is 0 Å². The van der Waals surface area contributed by atoms with Crippen molar-refractivity contribution in [3.8, 4) is 5.75 Å². The Bertz CT molecular complexity index is 845. The van der Waals surface area contributed by atoms with E-state index in [1.807, 2.05) is 0 Å². The Hall–Kier alpha value is -2.64. The molecule has 5 N–H and O–H groups in total. The van der Waals surface area contributed by atoms with Gasteiger partial charge in [-0.1, -0.05) is 18.2 Å². The van der Waals surface area contributed by atoms with Gasteiger partial charge < -0.3 is 21.3 Å². The van der Waals surface area contributed by atoms with Gasteiger partial charge in [-0.15, -0.1) is 12.4 Å². The molecule has 24 heavy (non-hydrogen) atoms. The number of anilines is 2. The lowest BCUT2D eigenvalue weighted by molar-refractivity contribution is 0.118. The average molecular weight is 351 g/mol. The fourth-order valence-corrected chi connectivity index (χ4v) is 2.34. The maximum atomic E-state index is 13.0. The highest BCUT2D eigenvalue weighted by Gasteiger charge is 2.16. The summed E-state index contributed by atoms with van der Waals surface area (Å²) in [5, 5.41) is 10.1. The van der Waals surface area contributed by atoms with Crippen LogP contribution in [0.5, 0.6) is 5.75 Å². The molecular weight excluding hydrogens is 335 g/mol. The number of nitrogen functional groups attached to an aromatic ring is 2. The molecular formula is C16H16ClFN4O2. The Morgan fingerprint density at radius 3 is 2.46 bits per heavy atom. The van der Waals surface area contributed by atoms with Crippen LogP contribution in [0.1, 0.15) is 11.7 Å². The number of rotatable bonds is 4. The predicted molar refractivity (Wildman–Crippen MR) is 92.5 cm³/mol. The molecule has 1 heterocycles. The minimum absolute atomic E-state index is 0. The highest BCUT2D eigenvalue weighted by atomic mass is 35.5. The van der Waals surface area contributed by atoms with Crippen molar-refractivity contribution < 1.29 is 14.2 Å². The molecule has 6 nitrogen and oxygen atoms in total. The molecule has 1 atom stereocenters. The highest BCUT2D eigenvalue weighted by molar-refractivity contribution is 5.94. The van der Waals surface area contributed by atoms with E-state index < -0.39 is 6.10 Å². The average Bonchev–Trinajstić information content (AvgIpc) is 2.53. The zero-order valence-corrected chi connectivity index (χ0v) is 13.3. The molecule has 0 spiro atoms. The fourth-order valence-electron chi connectivity index (χ4n) is 2.34. The minimum Gasteiger partial charge on any atom is -0.482 e. The van der Waals surface area contributed by atoms with Gasteiger partial charge in [0.05, 0.1) is 17.5 Å². The highest BCUT2D eigenvalue weighted by Crippen LogP contribution is 2.32. The molecule has 0 aliphatic heterocycles. The fraction of sp³-hybridized carbons (Fsp3) is 0.125. The molecule has 0 saturated heterocycles. The molecule has 3 aromatic rings. The normalized spacial score (nSPS) is 11.8. The largest absolute Gasteiger partial charge is 0.482 e. The van der Waals surface area contributed by atoms with Crippen molar-refractivity contribution in [2.24, 2.45) is 0 Å². The zero-order valence-electron chi connectivity index (χ0n) is 12.5. The van der Waals surface area contributed by atoms with Gasteiger partial charge in [0.2, 0.25) is 5.95 Å². The van der Waals surface area contributed by atoms with Crippen LogP contribution in [0, 0.1) is 5.82 Å². The SMILES string of the molecule is Cl.Nc1nc(N)c2c(OC(CO)c3ccc(F)cc3)cccc2n1. The summed E-state index contributed by atoms with van der Waals surface area (Å²) in [6, 6.07) is 10.9. The number of aromatic nitrogens is 2. The maximum Gasteiger partial charge on any atom is 0.222 e. The standard InChI is InChI=1S/C16H15FN4O2.ClH/c17-10-6-4-9(5-7-10)13(8-22)23-12-3-1-2-11-14(12)15(18)21-16(19)20-11;/h1-7,13,22H,8H2,(H4,18,19,20,21);1H. The van der Waals surface area contributed by atoms with E-state index in [2.05, 4.69) is 9.97 Å². The third-order valence-corrected chi connectivity index (χ3v) is 3.41. The van der Waals surface area contributed by atoms with Crippen LogP contribution in [0.25, 0.3) is 10.9 Å². The molecule has 0 aliphatic rings. The van der Waals surface area contributed by atoms with Crippen LogP contribution in [0.15, 0.2) is 42.5 Å². The topological polar surface area (TPSA) is 107 Å². The summed E-state index contributed by atoms with van der Waals surface area (Å²) >= 11 is 0. The number of ether oxygens (including phenoxy) is 1. The lowest BCUT2D eigenvalue weighted by Crippen LogP contribution is -2.13. The van der Waals surface area contributed by atoms with Crippen LogP contribution in [0.4, 0.5) is 16.2 Å². The van der Waals surface area contributed by atoms with E-state index in [-0.39, 0.29) is 36.6 Å². The second-order valence-electron chi connectivity index (χ2n) is 4.96. The Morgan fingerprint density at radius 2 is 1.79 bits per heavy atom. The van der Waals surface area contributed by atoms with E-state index in [0.29, 0.717) is 22.2 Å². The number of nitrogens with zero attached hydrogens (tertiary/aromatic N) is 2. The summed E-state index contributed by atoms with van der Waals surface area (Å²) in [5.41, 5.74) is 12.7. The first-order chi connectivity index (χ1) is 11.1. The summed E-state index contributed by atoms with van der Waals surface area (Å²) in [4.78, 5) is 8.04. The van der Waals surface area contributed by atoms with E-state index in [1.54, 1.807) is 30.3 Å². The van der Waals surface area contributed by atoms with Gasteiger partial charge in [-0.3, -0.25) is 0 Å². The molecule has 126 valence electrons. The lowest BCUT2D eigenvalue weighted by atomic mass is 10.1. The molecule has 0 fully saturated rings. The monoisotopic (exact) mass is 350 g/mol. The number of aliphatic hydroxyl groups excluding tert-OH is 1. The molecule has 3 rings (SSSR count).